The van der Waals surface area contributed by atoms with Gasteiger partial charge in [0.25, 0.3) is 0 Å². The minimum atomic E-state index is 0.333. The van der Waals surface area contributed by atoms with Crippen molar-refractivity contribution in [3.63, 3.8) is 0 Å². The molecule has 2 atom stereocenters. The summed E-state index contributed by atoms with van der Waals surface area (Å²) in [5, 5.41) is 0. The van der Waals surface area contributed by atoms with E-state index in [2.05, 4.69) is 40.2 Å². The van der Waals surface area contributed by atoms with Crippen LogP contribution in [0.4, 0.5) is 0 Å². The van der Waals surface area contributed by atoms with Crippen LogP contribution in [0.3, 0.4) is 0 Å². The average Bonchev–Trinajstić information content (AvgIpc) is 3.01. The molecule has 2 heteroatoms. The summed E-state index contributed by atoms with van der Waals surface area (Å²) in [6, 6.07) is 8.95. The van der Waals surface area contributed by atoms with Crippen molar-refractivity contribution in [2.75, 3.05) is 0 Å². The largest absolute Gasteiger partial charge is 0.327 e. The highest BCUT2D eigenvalue weighted by Crippen LogP contribution is 2.62. The number of halogens is 1. The van der Waals surface area contributed by atoms with Crippen LogP contribution in [-0.2, 0) is 5.41 Å². The van der Waals surface area contributed by atoms with Gasteiger partial charge in [0.2, 0.25) is 0 Å². The summed E-state index contributed by atoms with van der Waals surface area (Å²) >= 11 is 3.64. The molecule has 0 radical (unpaired) electrons. The van der Waals surface area contributed by atoms with Crippen LogP contribution in [0.15, 0.2) is 28.7 Å². The zero-order valence-electron chi connectivity index (χ0n) is 8.04. The summed E-state index contributed by atoms with van der Waals surface area (Å²) in [4.78, 5) is 0. The van der Waals surface area contributed by atoms with E-state index < -0.39 is 0 Å². The van der Waals surface area contributed by atoms with Crippen molar-refractivity contribution < 1.29 is 0 Å². The summed E-state index contributed by atoms with van der Waals surface area (Å²) in [6.45, 7) is 0. The highest BCUT2D eigenvalue weighted by molar-refractivity contribution is 9.10. The van der Waals surface area contributed by atoms with E-state index in [-0.39, 0.29) is 0 Å². The van der Waals surface area contributed by atoms with Crippen molar-refractivity contribution in [2.24, 2.45) is 11.7 Å². The maximum Gasteiger partial charge on any atom is 0.0213 e. The molecule has 0 heterocycles. The van der Waals surface area contributed by atoms with Crippen LogP contribution in [-0.4, -0.2) is 6.04 Å². The maximum atomic E-state index is 6.12. The molecule has 2 saturated carbocycles. The van der Waals surface area contributed by atoms with E-state index in [0.717, 1.165) is 5.92 Å². The molecule has 0 saturated heterocycles. The summed E-state index contributed by atoms with van der Waals surface area (Å²) < 4.78 is 1.24. The number of hydrogen-bond donors (Lipinski definition) is 1. The quantitative estimate of drug-likeness (QED) is 0.860. The van der Waals surface area contributed by atoms with Gasteiger partial charge in [0.05, 0.1) is 0 Å². The first-order valence-corrected chi connectivity index (χ1v) is 6.05. The molecule has 2 N–H and O–H groups in total. The Labute approximate surface area is 92.8 Å². The lowest BCUT2D eigenvalue weighted by Gasteiger charge is -2.17. The van der Waals surface area contributed by atoms with Crippen LogP contribution in [0.25, 0.3) is 0 Å². The molecule has 1 aromatic rings. The van der Waals surface area contributed by atoms with Crippen LogP contribution >= 0.6 is 15.9 Å². The molecule has 2 aliphatic rings. The van der Waals surface area contributed by atoms with Crippen molar-refractivity contribution >= 4 is 15.9 Å². The molecule has 0 aromatic heterocycles. The van der Waals surface area contributed by atoms with Gasteiger partial charge in [-0.15, -0.1) is 0 Å². The molecule has 0 spiro atoms. The van der Waals surface area contributed by atoms with Crippen molar-refractivity contribution in [1.29, 1.82) is 0 Å². The zero-order chi connectivity index (χ0) is 9.76. The molecule has 0 amide bonds. The minimum absolute atomic E-state index is 0.333. The molecular formula is C12H14BrN. The zero-order valence-corrected chi connectivity index (χ0v) is 9.63. The lowest BCUT2D eigenvalue weighted by atomic mass is 9.90. The van der Waals surface area contributed by atoms with Gasteiger partial charge in [0.1, 0.15) is 0 Å². The number of benzene rings is 1. The fourth-order valence-electron chi connectivity index (χ4n) is 2.74. The minimum Gasteiger partial charge on any atom is -0.327 e. The SMILES string of the molecule is N[C@@H]1CC1(c1ccccc1Br)C1CC1. The van der Waals surface area contributed by atoms with Gasteiger partial charge in [-0.2, -0.15) is 0 Å². The van der Waals surface area contributed by atoms with E-state index in [4.69, 9.17) is 5.73 Å². The summed E-state index contributed by atoms with van der Waals surface area (Å²) in [7, 11) is 0. The van der Waals surface area contributed by atoms with Crippen LogP contribution in [0.2, 0.25) is 0 Å². The molecular weight excluding hydrogens is 238 g/mol. The first-order valence-electron chi connectivity index (χ1n) is 5.26. The Morgan fingerprint density at radius 3 is 2.43 bits per heavy atom. The van der Waals surface area contributed by atoms with Gasteiger partial charge >= 0.3 is 0 Å². The van der Waals surface area contributed by atoms with Gasteiger partial charge < -0.3 is 5.73 Å². The van der Waals surface area contributed by atoms with Crippen molar-refractivity contribution in [3.8, 4) is 0 Å². The summed E-state index contributed by atoms with van der Waals surface area (Å²) in [5.41, 5.74) is 7.90. The molecule has 0 bridgehead atoms. The second-order valence-corrected chi connectivity index (χ2v) is 5.46. The summed E-state index contributed by atoms with van der Waals surface area (Å²) in [6.07, 6.45) is 3.92. The molecule has 2 fully saturated rings. The summed E-state index contributed by atoms with van der Waals surface area (Å²) in [5.74, 6) is 0.858. The first-order chi connectivity index (χ1) is 6.75. The molecule has 14 heavy (non-hydrogen) atoms. The third-order valence-electron chi connectivity index (χ3n) is 3.74. The number of nitrogens with two attached hydrogens (primary N) is 1. The van der Waals surface area contributed by atoms with Crippen molar-refractivity contribution in [3.05, 3.63) is 34.3 Å². The normalized spacial score (nSPS) is 35.7. The molecule has 1 unspecified atom stereocenters. The van der Waals surface area contributed by atoms with Crippen LogP contribution < -0.4 is 5.73 Å². The van der Waals surface area contributed by atoms with E-state index in [1.54, 1.807) is 0 Å². The lowest BCUT2D eigenvalue weighted by Crippen LogP contribution is -2.21. The Balaban J connectivity index is 2.05. The second-order valence-electron chi connectivity index (χ2n) is 4.61. The fourth-order valence-corrected chi connectivity index (χ4v) is 3.40. The predicted octanol–water partition coefficient (Wildman–Crippen LogP) is 2.83. The van der Waals surface area contributed by atoms with Crippen molar-refractivity contribution in [2.45, 2.75) is 30.7 Å². The van der Waals surface area contributed by atoms with Gasteiger partial charge in [-0.1, -0.05) is 34.1 Å². The monoisotopic (exact) mass is 251 g/mol. The Hall–Kier alpha value is -0.340. The van der Waals surface area contributed by atoms with Gasteiger partial charge in [0.15, 0.2) is 0 Å². The maximum absolute atomic E-state index is 6.12. The van der Waals surface area contributed by atoms with Crippen LogP contribution in [0.1, 0.15) is 24.8 Å². The Bertz CT molecular complexity index is 372. The van der Waals surface area contributed by atoms with E-state index in [1.165, 1.54) is 29.3 Å². The lowest BCUT2D eigenvalue weighted by molar-refractivity contribution is 0.570. The average molecular weight is 252 g/mol. The molecule has 3 rings (SSSR count). The highest BCUT2D eigenvalue weighted by atomic mass is 79.9. The standard InChI is InChI=1S/C12H14BrN/c13-10-4-2-1-3-9(10)12(7-11(12)14)8-5-6-8/h1-4,8,11H,5-7,14H2/t11-,12?/m1/s1. The van der Waals surface area contributed by atoms with Gasteiger partial charge in [-0.05, 0) is 36.8 Å². The van der Waals surface area contributed by atoms with Gasteiger partial charge in [-0.3, -0.25) is 0 Å². The first kappa shape index (κ1) is 8.93. The van der Waals surface area contributed by atoms with Crippen LogP contribution in [0, 0.1) is 5.92 Å². The number of rotatable bonds is 2. The molecule has 1 aromatic carbocycles. The second kappa shape index (κ2) is 2.83. The fraction of sp³-hybridized carbons (Fsp3) is 0.500. The van der Waals surface area contributed by atoms with E-state index >= 15 is 0 Å². The van der Waals surface area contributed by atoms with E-state index in [1.807, 2.05) is 0 Å². The number of hydrogen-bond acceptors (Lipinski definition) is 1. The Morgan fingerprint density at radius 2 is 1.93 bits per heavy atom. The smallest absolute Gasteiger partial charge is 0.0213 e. The van der Waals surface area contributed by atoms with Gasteiger partial charge in [0, 0.05) is 15.9 Å². The molecule has 1 nitrogen and oxygen atoms in total. The topological polar surface area (TPSA) is 26.0 Å². The molecule has 0 aliphatic heterocycles. The highest BCUT2D eigenvalue weighted by Gasteiger charge is 2.61. The molecule has 2 aliphatic carbocycles. The predicted molar refractivity (Wildman–Crippen MR) is 61.1 cm³/mol. The Morgan fingerprint density at radius 1 is 1.29 bits per heavy atom. The van der Waals surface area contributed by atoms with E-state index in [0.29, 0.717) is 11.5 Å². The third kappa shape index (κ3) is 1.10. The molecule has 74 valence electrons. The third-order valence-corrected chi connectivity index (χ3v) is 4.43. The van der Waals surface area contributed by atoms with Crippen LogP contribution in [0.5, 0.6) is 0 Å². The van der Waals surface area contributed by atoms with E-state index in [9.17, 15) is 0 Å². The van der Waals surface area contributed by atoms with Gasteiger partial charge in [-0.25, -0.2) is 0 Å². The van der Waals surface area contributed by atoms with Crippen molar-refractivity contribution in [1.82, 2.24) is 0 Å². The Kier molecular flexibility index (Phi) is 1.80.